The third-order valence-corrected chi connectivity index (χ3v) is 3.43. The monoisotopic (exact) mass is 329 g/mol. The van der Waals surface area contributed by atoms with Gasteiger partial charge >= 0.3 is 18.0 Å². The summed E-state index contributed by atoms with van der Waals surface area (Å²) in [5.74, 6) is -1.67. The highest BCUT2D eigenvalue weighted by Crippen LogP contribution is 2.18. The molecule has 1 atom stereocenters. The van der Waals surface area contributed by atoms with Crippen LogP contribution in [0.4, 0.5) is 4.79 Å². The number of hydrogen-bond acceptors (Lipinski definition) is 6. The van der Waals surface area contributed by atoms with Crippen LogP contribution < -0.4 is 5.32 Å². The van der Waals surface area contributed by atoms with Gasteiger partial charge in [-0.2, -0.15) is 0 Å². The highest BCUT2D eigenvalue weighted by Gasteiger charge is 2.25. The minimum atomic E-state index is -1.18. The maximum atomic E-state index is 11.7. The van der Waals surface area contributed by atoms with Gasteiger partial charge in [0.15, 0.2) is 0 Å². The van der Waals surface area contributed by atoms with E-state index in [2.05, 4.69) is 10.1 Å². The summed E-state index contributed by atoms with van der Waals surface area (Å²) in [6.07, 6.45) is -0.749. The van der Waals surface area contributed by atoms with Crippen LogP contribution in [0, 0.1) is 0 Å². The van der Waals surface area contributed by atoms with E-state index in [9.17, 15) is 19.5 Å². The molecule has 122 valence electrons. The minimum absolute atomic E-state index is 0.0518. The predicted molar refractivity (Wildman–Crippen MR) is 80.2 cm³/mol. The van der Waals surface area contributed by atoms with Gasteiger partial charge in [-0.05, 0) is 26.8 Å². The molecule has 0 saturated heterocycles. The highest BCUT2D eigenvalue weighted by atomic mass is 32.1. The van der Waals surface area contributed by atoms with Gasteiger partial charge in [0.1, 0.15) is 11.6 Å². The van der Waals surface area contributed by atoms with Crippen molar-refractivity contribution in [3.05, 3.63) is 21.9 Å². The van der Waals surface area contributed by atoms with Gasteiger partial charge in [-0.25, -0.2) is 14.4 Å². The molecule has 0 aliphatic rings. The van der Waals surface area contributed by atoms with Crippen molar-refractivity contribution in [1.29, 1.82) is 0 Å². The summed E-state index contributed by atoms with van der Waals surface area (Å²) in [5.41, 5.74) is -0.363. The van der Waals surface area contributed by atoms with Crippen LogP contribution in [-0.4, -0.2) is 41.9 Å². The second-order valence-corrected chi connectivity index (χ2v) is 6.53. The number of carbonyl (C=O) groups excluding carboxylic acids is 2. The van der Waals surface area contributed by atoms with Crippen LogP contribution in [0.3, 0.4) is 0 Å². The fraction of sp³-hybridized carbons (Fsp3) is 0.500. The molecule has 0 aromatic carbocycles. The van der Waals surface area contributed by atoms with Crippen LogP contribution in [0.25, 0.3) is 0 Å². The zero-order valence-electron chi connectivity index (χ0n) is 12.8. The molecule has 0 bridgehead atoms. The van der Waals surface area contributed by atoms with Gasteiger partial charge in [-0.3, -0.25) is 0 Å². The van der Waals surface area contributed by atoms with Gasteiger partial charge in [0.25, 0.3) is 0 Å². The van der Waals surface area contributed by atoms with Crippen molar-refractivity contribution in [3.63, 3.8) is 0 Å². The summed E-state index contributed by atoms with van der Waals surface area (Å²) < 4.78 is 9.62. The lowest BCUT2D eigenvalue weighted by atomic mass is 10.1. The summed E-state index contributed by atoms with van der Waals surface area (Å²) in [6.45, 7) is 5.05. The predicted octanol–water partition coefficient (Wildman–Crippen LogP) is 2.06. The maximum Gasteiger partial charge on any atom is 0.408 e. The molecule has 2 N–H and O–H groups in total. The number of carboxylic acid groups (broad SMARTS) is 1. The zero-order chi connectivity index (χ0) is 16.9. The van der Waals surface area contributed by atoms with E-state index in [1.54, 1.807) is 32.2 Å². The number of alkyl carbamates (subject to hydrolysis) is 1. The zero-order valence-corrected chi connectivity index (χ0v) is 13.7. The second kappa shape index (κ2) is 7.26. The van der Waals surface area contributed by atoms with E-state index in [4.69, 9.17) is 4.74 Å². The molecule has 0 fully saturated rings. The molecule has 1 amide bonds. The van der Waals surface area contributed by atoms with Crippen molar-refractivity contribution in [1.82, 2.24) is 5.32 Å². The lowest BCUT2D eigenvalue weighted by molar-refractivity contribution is -0.139. The molecule has 0 radical (unpaired) electrons. The summed E-state index contributed by atoms with van der Waals surface area (Å²) in [7, 11) is 1.27. The van der Waals surface area contributed by atoms with E-state index in [0.29, 0.717) is 10.4 Å². The average molecular weight is 329 g/mol. The maximum absolute atomic E-state index is 11.7. The Kier molecular flexibility index (Phi) is 5.92. The molecule has 1 rings (SSSR count). The SMILES string of the molecule is COC(=O)c1csc(CC(NC(=O)OC(C)(C)C)C(=O)O)c1. The largest absolute Gasteiger partial charge is 0.480 e. The lowest BCUT2D eigenvalue weighted by Crippen LogP contribution is -2.44. The molecule has 0 aliphatic heterocycles. The van der Waals surface area contributed by atoms with E-state index in [1.807, 2.05) is 0 Å². The first-order valence-corrected chi connectivity index (χ1v) is 7.38. The van der Waals surface area contributed by atoms with E-state index in [0.717, 1.165) is 0 Å². The van der Waals surface area contributed by atoms with E-state index < -0.39 is 29.7 Å². The Morgan fingerprint density at radius 1 is 1.36 bits per heavy atom. The Morgan fingerprint density at radius 3 is 2.50 bits per heavy atom. The van der Waals surface area contributed by atoms with E-state index >= 15 is 0 Å². The Hall–Kier alpha value is -2.09. The molecule has 1 aromatic rings. The number of methoxy groups -OCH3 is 1. The molecule has 8 heteroatoms. The molecule has 22 heavy (non-hydrogen) atoms. The standard InChI is InChI=1S/C14H19NO6S/c1-14(2,3)21-13(19)15-10(11(16)17)6-9-5-8(7-22-9)12(18)20-4/h5,7,10H,6H2,1-4H3,(H,15,19)(H,16,17). The first-order valence-electron chi connectivity index (χ1n) is 6.50. The molecule has 0 spiro atoms. The first-order chi connectivity index (χ1) is 10.1. The number of hydrogen-bond donors (Lipinski definition) is 2. The molecular formula is C14H19NO6S. The van der Waals surface area contributed by atoms with Gasteiger partial charge in [0.05, 0.1) is 12.7 Å². The third-order valence-electron chi connectivity index (χ3n) is 2.47. The number of esters is 1. The molecule has 0 saturated carbocycles. The van der Waals surface area contributed by atoms with Crippen LogP contribution in [-0.2, 0) is 20.7 Å². The number of nitrogens with one attached hydrogen (secondary N) is 1. The average Bonchev–Trinajstić information content (AvgIpc) is 2.83. The minimum Gasteiger partial charge on any atom is -0.480 e. The van der Waals surface area contributed by atoms with Crippen molar-refractivity contribution in [2.24, 2.45) is 0 Å². The smallest absolute Gasteiger partial charge is 0.408 e. The molecule has 7 nitrogen and oxygen atoms in total. The number of carbonyl (C=O) groups is 3. The Labute approximate surface area is 132 Å². The Balaban J connectivity index is 2.72. The fourth-order valence-electron chi connectivity index (χ4n) is 1.56. The lowest BCUT2D eigenvalue weighted by Gasteiger charge is -2.21. The van der Waals surface area contributed by atoms with Crippen LogP contribution in [0.15, 0.2) is 11.4 Å². The van der Waals surface area contributed by atoms with Gasteiger partial charge < -0.3 is 19.9 Å². The number of thiophene rings is 1. The van der Waals surface area contributed by atoms with Crippen LogP contribution in [0.1, 0.15) is 36.0 Å². The molecule has 0 aliphatic carbocycles. The normalized spacial score (nSPS) is 12.4. The van der Waals surface area contributed by atoms with Gasteiger partial charge in [-0.1, -0.05) is 0 Å². The first kappa shape index (κ1) is 18.0. The van der Waals surface area contributed by atoms with Gasteiger partial charge in [0.2, 0.25) is 0 Å². The van der Waals surface area contributed by atoms with Crippen LogP contribution in [0.2, 0.25) is 0 Å². The third kappa shape index (κ3) is 5.72. The van der Waals surface area contributed by atoms with Crippen molar-refractivity contribution in [2.75, 3.05) is 7.11 Å². The second-order valence-electron chi connectivity index (χ2n) is 5.53. The number of aliphatic carboxylic acids is 1. The molecule has 1 unspecified atom stereocenters. The number of ether oxygens (including phenoxy) is 2. The summed E-state index contributed by atoms with van der Waals surface area (Å²) >= 11 is 1.22. The number of rotatable bonds is 5. The Bertz CT molecular complexity index is 560. The van der Waals surface area contributed by atoms with Crippen molar-refractivity contribution >= 4 is 29.4 Å². The number of amides is 1. The molecular weight excluding hydrogens is 310 g/mol. The molecule has 1 aromatic heterocycles. The summed E-state index contributed by atoms with van der Waals surface area (Å²) in [6, 6.07) is 0.405. The van der Waals surface area contributed by atoms with Crippen molar-refractivity contribution in [2.45, 2.75) is 38.8 Å². The molecule has 1 heterocycles. The van der Waals surface area contributed by atoms with Crippen LogP contribution in [0.5, 0.6) is 0 Å². The number of carboxylic acids is 1. The van der Waals surface area contributed by atoms with E-state index in [1.165, 1.54) is 18.4 Å². The summed E-state index contributed by atoms with van der Waals surface area (Å²) in [5, 5.41) is 13.1. The van der Waals surface area contributed by atoms with Gasteiger partial charge in [0, 0.05) is 16.7 Å². The highest BCUT2D eigenvalue weighted by molar-refractivity contribution is 7.10. The Morgan fingerprint density at radius 2 is 2.00 bits per heavy atom. The van der Waals surface area contributed by atoms with Crippen LogP contribution >= 0.6 is 11.3 Å². The summed E-state index contributed by atoms with van der Waals surface area (Å²) in [4.78, 5) is 34.9. The van der Waals surface area contributed by atoms with Crippen molar-refractivity contribution < 1.29 is 29.0 Å². The van der Waals surface area contributed by atoms with E-state index in [-0.39, 0.29) is 6.42 Å². The van der Waals surface area contributed by atoms with Gasteiger partial charge in [-0.15, -0.1) is 11.3 Å². The fourth-order valence-corrected chi connectivity index (χ4v) is 2.46. The quantitative estimate of drug-likeness (QED) is 0.802. The van der Waals surface area contributed by atoms with Crippen molar-refractivity contribution in [3.8, 4) is 0 Å². The topological polar surface area (TPSA) is 102 Å².